The molecule has 17 heteroatoms. The second-order valence-corrected chi connectivity index (χ2v) is 18.3. The van der Waals surface area contributed by atoms with Gasteiger partial charge in [0.25, 0.3) is 0 Å². The summed E-state index contributed by atoms with van der Waals surface area (Å²) in [5, 5.41) is 25.7. The summed E-state index contributed by atoms with van der Waals surface area (Å²) in [6.45, 7) is 11.1. The molecule has 2 aliphatic carbocycles. The van der Waals surface area contributed by atoms with E-state index in [1.165, 1.54) is 33.3 Å². The Morgan fingerprint density at radius 1 is 0.733 bits per heavy atom. The first kappa shape index (κ1) is 43.9. The summed E-state index contributed by atoms with van der Waals surface area (Å²) in [5.74, 6) is -0.138. The number of pyridine rings is 2. The zero-order valence-corrected chi connectivity index (χ0v) is 35.9. The molecule has 0 atom stereocenters. The molecule has 60 heavy (non-hydrogen) atoms. The van der Waals surface area contributed by atoms with Gasteiger partial charge in [-0.15, -0.1) is 31.7 Å². The highest BCUT2D eigenvalue weighted by atomic mass is 35.5. The number of thiophene rings is 1. The molecular formula is C43H46ClF2N9O4S. The van der Waals surface area contributed by atoms with E-state index in [1.54, 1.807) is 96.4 Å². The molecule has 0 aromatic carbocycles. The summed E-state index contributed by atoms with van der Waals surface area (Å²) in [6, 6.07) is 18.1. The summed E-state index contributed by atoms with van der Waals surface area (Å²) < 4.78 is 40.3. The van der Waals surface area contributed by atoms with Crippen molar-refractivity contribution in [2.45, 2.75) is 102 Å². The van der Waals surface area contributed by atoms with Gasteiger partial charge in [-0.05, 0) is 128 Å². The first-order valence-corrected chi connectivity index (χ1v) is 20.7. The Balaban J connectivity index is 0.000000205. The minimum Gasteiger partial charge on any atom is -0.443 e. The lowest BCUT2D eigenvalue weighted by Gasteiger charge is -2.44. The topological polar surface area (TPSA) is 160 Å². The van der Waals surface area contributed by atoms with Crippen LogP contribution in [-0.2, 0) is 20.3 Å². The average Bonchev–Trinajstić information content (AvgIpc) is 3.65. The number of carbonyl (C=O) groups excluding carboxylic acids is 2. The van der Waals surface area contributed by atoms with Crippen LogP contribution in [0.3, 0.4) is 0 Å². The van der Waals surface area contributed by atoms with Crippen LogP contribution in [0.4, 0.5) is 30.0 Å². The average molecular weight is 858 g/mol. The van der Waals surface area contributed by atoms with Crippen molar-refractivity contribution < 1.29 is 27.8 Å². The van der Waals surface area contributed by atoms with Crippen LogP contribution in [0.15, 0.2) is 73.1 Å². The predicted molar refractivity (Wildman–Crippen MR) is 224 cm³/mol. The summed E-state index contributed by atoms with van der Waals surface area (Å²) in [4.78, 5) is 38.8. The van der Waals surface area contributed by atoms with E-state index in [-0.39, 0.29) is 29.9 Å². The summed E-state index contributed by atoms with van der Waals surface area (Å²) in [6.07, 6.45) is 6.71. The molecule has 0 N–H and O–H groups in total. The SMILES string of the molecule is CC(C)(C)OC(=O)N(CC1(c2ncccc2F)CCC1)c1ccc(-c2ccc(C#N)s2)nn1.CC(C)(C)OC(=O)N(CC1(c2ncccc2F)CCC1)c1ccc(Cl)nn1. The zero-order valence-electron chi connectivity index (χ0n) is 34.3. The molecule has 2 amide bonds. The fourth-order valence-electron chi connectivity index (χ4n) is 7.01. The third-order valence-corrected chi connectivity index (χ3v) is 11.3. The largest absolute Gasteiger partial charge is 0.443 e. The van der Waals surface area contributed by atoms with Gasteiger partial charge in [-0.25, -0.2) is 18.4 Å². The molecule has 13 nitrogen and oxygen atoms in total. The molecule has 0 spiro atoms. The minimum absolute atomic E-state index is 0.182. The quantitative estimate of drug-likeness (QED) is 0.139. The van der Waals surface area contributed by atoms with Crippen molar-refractivity contribution in [3.63, 3.8) is 0 Å². The molecule has 0 aliphatic heterocycles. The Hall–Kier alpha value is -5.66. The van der Waals surface area contributed by atoms with Crippen LogP contribution in [0.25, 0.3) is 10.6 Å². The third-order valence-electron chi connectivity index (χ3n) is 10.1. The van der Waals surface area contributed by atoms with Crippen LogP contribution in [0.1, 0.15) is 96.3 Å². The number of carbonyl (C=O) groups is 2. The van der Waals surface area contributed by atoms with Gasteiger partial charge in [-0.2, -0.15) is 5.26 Å². The van der Waals surface area contributed by atoms with Crippen LogP contribution in [-0.4, -0.2) is 66.8 Å². The van der Waals surface area contributed by atoms with E-state index in [2.05, 4.69) is 36.4 Å². The number of halogens is 3. The predicted octanol–water partition coefficient (Wildman–Crippen LogP) is 10.0. The van der Waals surface area contributed by atoms with Gasteiger partial charge in [0, 0.05) is 36.3 Å². The number of nitriles is 1. The molecular weight excluding hydrogens is 812 g/mol. The van der Waals surface area contributed by atoms with Crippen molar-refractivity contribution in [1.82, 2.24) is 30.4 Å². The maximum atomic E-state index is 14.7. The Morgan fingerprint density at radius 2 is 1.22 bits per heavy atom. The number of amides is 2. The van der Waals surface area contributed by atoms with Crippen molar-refractivity contribution in [3.8, 4) is 16.6 Å². The number of aromatic nitrogens is 6. The Morgan fingerprint density at radius 3 is 1.57 bits per heavy atom. The summed E-state index contributed by atoms with van der Waals surface area (Å²) in [5.41, 5.74) is -1.26. The number of rotatable bonds is 9. The van der Waals surface area contributed by atoms with E-state index < -0.39 is 34.2 Å². The van der Waals surface area contributed by atoms with Crippen LogP contribution in [0.2, 0.25) is 5.15 Å². The summed E-state index contributed by atoms with van der Waals surface area (Å²) in [7, 11) is 0. The molecule has 0 unspecified atom stereocenters. The van der Waals surface area contributed by atoms with E-state index in [1.807, 2.05) is 6.07 Å². The van der Waals surface area contributed by atoms with Gasteiger partial charge in [-0.3, -0.25) is 19.8 Å². The van der Waals surface area contributed by atoms with Crippen molar-refractivity contribution in [3.05, 3.63) is 106 Å². The van der Waals surface area contributed by atoms with Gasteiger partial charge in [0.1, 0.15) is 39.5 Å². The van der Waals surface area contributed by atoms with E-state index in [9.17, 15) is 18.4 Å². The van der Waals surface area contributed by atoms with Gasteiger partial charge in [0.15, 0.2) is 16.8 Å². The third kappa shape index (κ3) is 10.4. The van der Waals surface area contributed by atoms with Crippen molar-refractivity contribution >= 4 is 46.8 Å². The van der Waals surface area contributed by atoms with Crippen molar-refractivity contribution in [1.29, 1.82) is 5.26 Å². The monoisotopic (exact) mass is 857 g/mol. The van der Waals surface area contributed by atoms with Crippen molar-refractivity contribution in [2.75, 3.05) is 22.9 Å². The normalized spacial score (nSPS) is 15.2. The molecule has 5 aromatic heterocycles. The first-order chi connectivity index (χ1) is 28.4. The smallest absolute Gasteiger partial charge is 0.416 e. The fourth-order valence-corrected chi connectivity index (χ4v) is 7.87. The molecule has 314 valence electrons. The molecule has 2 saturated carbocycles. The number of hydrogen-bond donors (Lipinski definition) is 0. The van der Waals surface area contributed by atoms with Gasteiger partial charge in [0.2, 0.25) is 0 Å². The lowest BCUT2D eigenvalue weighted by molar-refractivity contribution is 0.0547. The molecule has 0 radical (unpaired) electrons. The second kappa shape index (κ2) is 17.9. The highest BCUT2D eigenvalue weighted by Gasteiger charge is 2.47. The van der Waals surface area contributed by atoms with Crippen LogP contribution in [0.5, 0.6) is 0 Å². The number of ether oxygens (including phenoxy) is 2. The maximum absolute atomic E-state index is 14.7. The fraction of sp³-hybridized carbons (Fsp3) is 0.419. The van der Waals surface area contributed by atoms with Crippen LogP contribution in [0, 0.1) is 23.0 Å². The molecule has 2 aliphatic rings. The molecule has 0 bridgehead atoms. The van der Waals surface area contributed by atoms with Gasteiger partial charge in [0.05, 0.1) is 16.3 Å². The highest BCUT2D eigenvalue weighted by Crippen LogP contribution is 2.46. The van der Waals surface area contributed by atoms with Gasteiger partial charge in [-0.1, -0.05) is 24.4 Å². The van der Waals surface area contributed by atoms with Crippen LogP contribution < -0.4 is 9.80 Å². The Bertz CT molecular complexity index is 2340. The highest BCUT2D eigenvalue weighted by molar-refractivity contribution is 7.15. The zero-order chi connectivity index (χ0) is 43.3. The second-order valence-electron chi connectivity index (χ2n) is 16.8. The van der Waals surface area contributed by atoms with E-state index >= 15 is 0 Å². The van der Waals surface area contributed by atoms with E-state index in [0.29, 0.717) is 46.4 Å². The number of anilines is 2. The minimum atomic E-state index is -0.712. The molecule has 2 fully saturated rings. The number of hydrogen-bond acceptors (Lipinski definition) is 12. The standard InChI is InChI=1S/C24H24FN5O2S.C19H22ClFN4O2/c1-23(2,3)32-22(31)30(15-24(11-5-12-24)21-17(25)6-4-13-27-21)20-10-8-18(28-29-20)19-9-7-16(14-26)33-19;1-18(2,3)27-17(26)25(15-8-7-14(20)23-24-15)12-19(9-5-10-19)16-13(21)6-4-11-22-16/h4,6-10,13H,5,11-12,15H2,1-3H3;4,6-8,11H,5,9-10,12H2,1-3H3. The van der Waals surface area contributed by atoms with E-state index in [4.69, 9.17) is 26.3 Å². The van der Waals surface area contributed by atoms with Gasteiger partial charge < -0.3 is 9.47 Å². The number of nitrogens with zero attached hydrogens (tertiary/aromatic N) is 9. The molecule has 5 heterocycles. The Kier molecular flexibility index (Phi) is 13.1. The Labute approximate surface area is 356 Å². The molecule has 5 aromatic rings. The van der Waals surface area contributed by atoms with Crippen molar-refractivity contribution in [2.24, 2.45) is 0 Å². The molecule has 7 rings (SSSR count). The van der Waals surface area contributed by atoms with E-state index in [0.717, 1.165) is 30.6 Å². The maximum Gasteiger partial charge on any atom is 0.416 e. The van der Waals surface area contributed by atoms with Crippen LogP contribution >= 0.6 is 22.9 Å². The molecule has 0 saturated heterocycles. The summed E-state index contributed by atoms with van der Waals surface area (Å²) >= 11 is 7.14. The first-order valence-electron chi connectivity index (χ1n) is 19.5. The lowest BCUT2D eigenvalue weighted by atomic mass is 9.66. The lowest BCUT2D eigenvalue weighted by Crippen LogP contribution is -2.50. The van der Waals surface area contributed by atoms with Gasteiger partial charge >= 0.3 is 12.2 Å².